The number of hydrogen-bond acceptors (Lipinski definition) is 4. The number of nitrogens with zero attached hydrogens (tertiary/aromatic N) is 1. The molecule has 98 valence electrons. The molecule has 0 spiro atoms. The van der Waals surface area contributed by atoms with Gasteiger partial charge in [-0.05, 0) is 5.92 Å². The van der Waals surface area contributed by atoms with Crippen LogP contribution in [0.5, 0.6) is 0 Å². The zero-order valence-electron chi connectivity index (χ0n) is 10.6. The Bertz CT molecular complexity index is 494. The molecule has 1 amide bonds. The van der Waals surface area contributed by atoms with Crippen LogP contribution in [0.2, 0.25) is 0 Å². The second-order valence-electron chi connectivity index (χ2n) is 4.56. The molecule has 6 nitrogen and oxygen atoms in total. The van der Waals surface area contributed by atoms with E-state index in [4.69, 9.17) is 9.52 Å². The Balaban J connectivity index is 2.42. The first-order valence-corrected chi connectivity index (χ1v) is 5.85. The lowest BCUT2D eigenvalue weighted by atomic mass is 9.95. The summed E-state index contributed by atoms with van der Waals surface area (Å²) in [6.07, 6.45) is 2.23. The number of nitrogens with one attached hydrogen (secondary N) is 1. The first-order valence-electron chi connectivity index (χ1n) is 5.85. The summed E-state index contributed by atoms with van der Waals surface area (Å²) in [4.78, 5) is 24.8. The third-order valence-electron chi connectivity index (χ3n) is 3.46. The van der Waals surface area contributed by atoms with Crippen molar-refractivity contribution in [1.82, 2.24) is 0 Å². The molecule has 0 fully saturated rings. The minimum Gasteiger partial charge on any atom is -0.475 e. The lowest BCUT2D eigenvalue weighted by Gasteiger charge is -2.36. The van der Waals surface area contributed by atoms with Crippen molar-refractivity contribution in [2.75, 3.05) is 17.3 Å². The zero-order valence-corrected chi connectivity index (χ0v) is 10.6. The second kappa shape index (κ2) is 4.36. The summed E-state index contributed by atoms with van der Waals surface area (Å²) in [6.45, 7) is 4.00. The van der Waals surface area contributed by atoms with Gasteiger partial charge in [-0.3, -0.25) is 4.79 Å². The molecule has 2 rings (SSSR count). The molecule has 0 unspecified atom stereocenters. The zero-order chi connectivity index (χ0) is 13.4. The highest BCUT2D eigenvalue weighted by Crippen LogP contribution is 2.37. The van der Waals surface area contributed by atoms with E-state index in [2.05, 4.69) is 5.32 Å². The topological polar surface area (TPSA) is 82.8 Å². The molecule has 18 heavy (non-hydrogen) atoms. The molecule has 0 saturated carbocycles. The normalized spacial score (nSPS) is 20.3. The van der Waals surface area contributed by atoms with Crippen molar-refractivity contribution in [3.8, 4) is 0 Å². The Morgan fingerprint density at radius 2 is 2.33 bits per heavy atom. The Morgan fingerprint density at radius 3 is 2.89 bits per heavy atom. The summed E-state index contributed by atoms with van der Waals surface area (Å²) in [7, 11) is 1.77. The van der Waals surface area contributed by atoms with E-state index < -0.39 is 5.97 Å². The number of hydrogen-bond donors (Lipinski definition) is 2. The lowest BCUT2D eigenvalue weighted by Crippen LogP contribution is -2.49. The van der Waals surface area contributed by atoms with Crippen LogP contribution in [-0.4, -0.2) is 30.1 Å². The van der Waals surface area contributed by atoms with Gasteiger partial charge in [0.15, 0.2) is 0 Å². The summed E-state index contributed by atoms with van der Waals surface area (Å²) in [5.41, 5.74) is 0.854. The molecule has 0 radical (unpaired) electrons. The largest absolute Gasteiger partial charge is 0.475 e. The van der Waals surface area contributed by atoms with Crippen LogP contribution < -0.4 is 10.2 Å². The van der Waals surface area contributed by atoms with E-state index in [0.717, 1.165) is 6.42 Å². The van der Waals surface area contributed by atoms with Gasteiger partial charge in [-0.1, -0.05) is 20.3 Å². The molecule has 2 N–H and O–H groups in total. The van der Waals surface area contributed by atoms with Crippen molar-refractivity contribution in [2.45, 2.75) is 26.3 Å². The number of amides is 1. The van der Waals surface area contributed by atoms with E-state index in [1.807, 2.05) is 13.8 Å². The highest BCUT2D eigenvalue weighted by molar-refractivity contribution is 6.08. The average molecular weight is 252 g/mol. The third-order valence-corrected chi connectivity index (χ3v) is 3.46. The summed E-state index contributed by atoms with van der Waals surface area (Å²) in [5, 5.41) is 11.6. The second-order valence-corrected chi connectivity index (χ2v) is 4.56. The first-order chi connectivity index (χ1) is 8.47. The van der Waals surface area contributed by atoms with Crippen LogP contribution >= 0.6 is 0 Å². The van der Waals surface area contributed by atoms with E-state index in [0.29, 0.717) is 5.69 Å². The predicted octanol–water partition coefficient (Wildman–Crippen LogP) is 1.78. The summed E-state index contributed by atoms with van der Waals surface area (Å²) < 4.78 is 5.00. The third kappa shape index (κ3) is 1.73. The van der Waals surface area contributed by atoms with Gasteiger partial charge in [0.25, 0.3) is 0 Å². The number of rotatable bonds is 3. The lowest BCUT2D eigenvalue weighted by molar-refractivity contribution is -0.118. The van der Waals surface area contributed by atoms with Gasteiger partial charge in [0.1, 0.15) is 23.7 Å². The molecular weight excluding hydrogens is 236 g/mol. The first kappa shape index (κ1) is 12.5. The van der Waals surface area contributed by atoms with Crippen molar-refractivity contribution in [3.05, 3.63) is 12.0 Å². The minimum atomic E-state index is -1.19. The molecule has 0 aliphatic carbocycles. The van der Waals surface area contributed by atoms with Crippen LogP contribution in [0, 0.1) is 5.92 Å². The van der Waals surface area contributed by atoms with Gasteiger partial charge in [0, 0.05) is 7.05 Å². The fraction of sp³-hybridized carbons (Fsp3) is 0.500. The molecule has 1 aromatic rings. The monoisotopic (exact) mass is 252 g/mol. The summed E-state index contributed by atoms with van der Waals surface area (Å²) >= 11 is 0. The van der Waals surface area contributed by atoms with Crippen molar-refractivity contribution in [1.29, 1.82) is 0 Å². The number of likely N-dealkylation sites (N-methyl/N-ethyl adjacent to an activating group) is 1. The Labute approximate surface area is 105 Å². The minimum absolute atomic E-state index is 0.173. The number of carbonyl (C=O) groups excluding carboxylic acids is 1. The van der Waals surface area contributed by atoms with Crippen LogP contribution in [0.25, 0.3) is 0 Å². The molecule has 0 aromatic carbocycles. The quantitative estimate of drug-likeness (QED) is 0.856. The molecule has 0 saturated heterocycles. The van der Waals surface area contributed by atoms with Gasteiger partial charge in [0.05, 0.1) is 0 Å². The van der Waals surface area contributed by atoms with Crippen LogP contribution in [0.3, 0.4) is 0 Å². The van der Waals surface area contributed by atoms with Crippen molar-refractivity contribution in [2.24, 2.45) is 5.92 Å². The Morgan fingerprint density at radius 1 is 1.67 bits per heavy atom. The van der Waals surface area contributed by atoms with E-state index in [9.17, 15) is 9.59 Å². The van der Waals surface area contributed by atoms with Gasteiger partial charge in [-0.15, -0.1) is 0 Å². The molecule has 6 heteroatoms. The number of fused-ring (bicyclic) bond motifs is 1. The maximum absolute atomic E-state index is 12.1. The number of carbonyl (C=O) groups is 2. The predicted molar refractivity (Wildman–Crippen MR) is 65.9 cm³/mol. The molecule has 2 heterocycles. The summed E-state index contributed by atoms with van der Waals surface area (Å²) in [5.74, 6) is -1.44. The fourth-order valence-corrected chi connectivity index (χ4v) is 2.27. The molecule has 1 aliphatic rings. The highest BCUT2D eigenvalue weighted by atomic mass is 16.4. The van der Waals surface area contributed by atoms with E-state index in [-0.39, 0.29) is 29.3 Å². The molecular formula is C12H16N2O4. The molecule has 0 bridgehead atoms. The number of carboxylic acids is 1. The van der Waals surface area contributed by atoms with Crippen LogP contribution in [0.15, 0.2) is 10.7 Å². The van der Waals surface area contributed by atoms with Crippen molar-refractivity contribution < 1.29 is 19.1 Å². The van der Waals surface area contributed by atoms with E-state index >= 15 is 0 Å². The molecule has 1 aromatic heterocycles. The van der Waals surface area contributed by atoms with Crippen LogP contribution in [0.1, 0.15) is 30.8 Å². The number of carboxylic acid groups (broad SMARTS) is 1. The maximum atomic E-state index is 12.1. The van der Waals surface area contributed by atoms with Gasteiger partial charge >= 0.3 is 5.97 Å². The van der Waals surface area contributed by atoms with E-state index in [1.54, 1.807) is 11.9 Å². The number of furan rings is 1. The molecule has 2 atom stereocenters. The van der Waals surface area contributed by atoms with Gasteiger partial charge < -0.3 is 19.7 Å². The number of anilines is 2. The molecule has 1 aliphatic heterocycles. The SMILES string of the molecule is CC[C@H](C)[C@H]1C(=O)Nc2c(coc2C(=O)O)N1C. The van der Waals surface area contributed by atoms with Gasteiger partial charge in [-0.25, -0.2) is 4.79 Å². The average Bonchev–Trinajstić information content (AvgIpc) is 2.72. The highest BCUT2D eigenvalue weighted by Gasteiger charge is 2.37. The number of aromatic carboxylic acids is 1. The van der Waals surface area contributed by atoms with Gasteiger partial charge in [0.2, 0.25) is 11.7 Å². The van der Waals surface area contributed by atoms with Crippen molar-refractivity contribution >= 4 is 23.3 Å². The maximum Gasteiger partial charge on any atom is 0.374 e. The summed E-state index contributed by atoms with van der Waals surface area (Å²) in [6, 6.07) is -0.304. The standard InChI is InChI=1S/C12H16N2O4/c1-4-6(2)9-11(15)13-8-7(14(9)3)5-18-10(8)12(16)17/h5-6,9H,4H2,1-3H3,(H,13,15)(H,16,17)/t6-,9-/m0/s1. The Kier molecular flexibility index (Phi) is 3.02. The fourth-order valence-electron chi connectivity index (χ4n) is 2.27. The van der Waals surface area contributed by atoms with E-state index in [1.165, 1.54) is 6.26 Å². The Hall–Kier alpha value is -1.98. The van der Waals surface area contributed by atoms with Crippen molar-refractivity contribution in [3.63, 3.8) is 0 Å². The van der Waals surface area contributed by atoms with Gasteiger partial charge in [-0.2, -0.15) is 0 Å². The van der Waals surface area contributed by atoms with Crippen LogP contribution in [0.4, 0.5) is 11.4 Å². The smallest absolute Gasteiger partial charge is 0.374 e. The van der Waals surface area contributed by atoms with Crippen LogP contribution in [-0.2, 0) is 4.79 Å².